The van der Waals surface area contributed by atoms with Crippen LogP contribution in [0.2, 0.25) is 0 Å². The third-order valence-electron chi connectivity index (χ3n) is 3.16. The Balaban J connectivity index is 2.41. The van der Waals surface area contributed by atoms with Gasteiger partial charge >= 0.3 is 0 Å². The number of rotatable bonds is 5. The van der Waals surface area contributed by atoms with Crippen LogP contribution in [0.15, 0.2) is 53.7 Å². The lowest BCUT2D eigenvalue weighted by Gasteiger charge is -2.07. The summed E-state index contributed by atoms with van der Waals surface area (Å²) in [6.45, 7) is 3.99. The van der Waals surface area contributed by atoms with E-state index >= 15 is 0 Å². The lowest BCUT2D eigenvalue weighted by Crippen LogP contribution is -2.01. The molecule has 2 nitrogen and oxygen atoms in total. The van der Waals surface area contributed by atoms with E-state index in [1.165, 1.54) is 24.4 Å². The van der Waals surface area contributed by atoms with Gasteiger partial charge in [0, 0.05) is 5.71 Å². The molecule has 0 N–H and O–H groups in total. The maximum absolute atomic E-state index is 13.0. The highest BCUT2D eigenvalue weighted by Crippen LogP contribution is 2.18. The minimum absolute atomic E-state index is 0.274. The van der Waals surface area contributed by atoms with Gasteiger partial charge < -0.3 is 0 Å². The predicted octanol–water partition coefficient (Wildman–Crippen LogP) is 5.01. The largest absolute Gasteiger partial charge is 0.252 e. The quantitative estimate of drug-likeness (QED) is 0.712. The van der Waals surface area contributed by atoms with Crippen LogP contribution in [-0.2, 0) is 0 Å². The van der Waals surface area contributed by atoms with Gasteiger partial charge in [0.2, 0.25) is 0 Å². The maximum Gasteiger partial charge on any atom is 0.141 e. The van der Waals surface area contributed by atoms with Crippen molar-refractivity contribution >= 4 is 11.4 Å². The van der Waals surface area contributed by atoms with Gasteiger partial charge in [-0.15, -0.1) is 0 Å². The average Bonchev–Trinajstić information content (AvgIpc) is 2.53. The van der Waals surface area contributed by atoms with Gasteiger partial charge in [0.25, 0.3) is 0 Å². The molecule has 0 saturated heterocycles. The monoisotopic (exact) mass is 300 g/mol. The van der Waals surface area contributed by atoms with Crippen LogP contribution in [0.4, 0.5) is 8.78 Å². The van der Waals surface area contributed by atoms with Gasteiger partial charge in [-0.2, -0.15) is 0 Å². The summed E-state index contributed by atoms with van der Waals surface area (Å²) in [6, 6.07) is 9.22. The number of halogens is 2. The Morgan fingerprint density at radius 3 is 2.27 bits per heavy atom. The highest BCUT2D eigenvalue weighted by atomic mass is 19.1. The molecular formula is C18H18F2N2. The predicted molar refractivity (Wildman–Crippen MR) is 85.7 cm³/mol. The molecular weight excluding hydrogens is 282 g/mol. The van der Waals surface area contributed by atoms with E-state index in [-0.39, 0.29) is 11.6 Å². The molecule has 2 aromatic rings. The third-order valence-corrected chi connectivity index (χ3v) is 3.16. The molecule has 114 valence electrons. The molecule has 2 rings (SSSR count). The number of benzene rings is 1. The average molecular weight is 300 g/mol. The van der Waals surface area contributed by atoms with Crippen molar-refractivity contribution in [2.24, 2.45) is 4.99 Å². The van der Waals surface area contributed by atoms with Gasteiger partial charge in [-0.3, -0.25) is 9.98 Å². The summed E-state index contributed by atoms with van der Waals surface area (Å²) in [5.74, 6) is -0.651. The summed E-state index contributed by atoms with van der Waals surface area (Å²) in [5, 5.41) is 0. The molecule has 0 spiro atoms. The first-order valence-corrected chi connectivity index (χ1v) is 7.29. The molecule has 0 unspecified atom stereocenters. The summed E-state index contributed by atoms with van der Waals surface area (Å²) >= 11 is 0. The summed E-state index contributed by atoms with van der Waals surface area (Å²) in [7, 11) is 0. The van der Waals surface area contributed by atoms with Gasteiger partial charge in [0.1, 0.15) is 11.6 Å². The van der Waals surface area contributed by atoms with Crippen LogP contribution < -0.4 is 0 Å². The van der Waals surface area contributed by atoms with E-state index in [1.807, 2.05) is 19.9 Å². The van der Waals surface area contributed by atoms with E-state index in [4.69, 9.17) is 0 Å². The normalized spacial score (nSPS) is 12.5. The molecule has 0 radical (unpaired) electrons. The zero-order valence-electron chi connectivity index (χ0n) is 12.7. The van der Waals surface area contributed by atoms with Crippen LogP contribution in [0, 0.1) is 11.6 Å². The zero-order chi connectivity index (χ0) is 15.9. The van der Waals surface area contributed by atoms with Gasteiger partial charge in [-0.1, -0.05) is 32.1 Å². The zero-order valence-corrected chi connectivity index (χ0v) is 12.7. The Morgan fingerprint density at radius 2 is 1.73 bits per heavy atom. The van der Waals surface area contributed by atoms with Crippen molar-refractivity contribution in [1.29, 1.82) is 0 Å². The maximum atomic E-state index is 13.0. The first kappa shape index (κ1) is 16.0. The summed E-state index contributed by atoms with van der Waals surface area (Å²) < 4.78 is 26.1. The second-order valence-corrected chi connectivity index (χ2v) is 4.78. The molecule has 1 aromatic heterocycles. The summed E-state index contributed by atoms with van der Waals surface area (Å²) in [5.41, 5.74) is 3.03. The van der Waals surface area contributed by atoms with Gasteiger partial charge in [0.05, 0.1) is 17.6 Å². The second kappa shape index (κ2) is 7.59. The molecule has 0 bridgehead atoms. The van der Waals surface area contributed by atoms with E-state index in [0.717, 1.165) is 17.7 Å². The van der Waals surface area contributed by atoms with Crippen molar-refractivity contribution in [3.63, 3.8) is 0 Å². The van der Waals surface area contributed by atoms with Crippen molar-refractivity contribution in [2.45, 2.75) is 26.7 Å². The fraction of sp³-hybridized carbons (Fsp3) is 0.222. The molecule has 0 aliphatic carbocycles. The number of nitrogens with zero attached hydrogens (tertiary/aromatic N) is 2. The van der Waals surface area contributed by atoms with E-state index in [9.17, 15) is 8.78 Å². The highest BCUT2D eigenvalue weighted by molar-refractivity contribution is 6.03. The standard InChI is InChI=1S/C18H18F2N2/c1-3-5-18(17-11-10-15(20)12-21-17)22-16(4-2)13-6-8-14(19)9-7-13/h5-12H,3-4H2,1-2H3/b18-5-,22-16?. The first-order valence-electron chi connectivity index (χ1n) is 7.29. The Kier molecular flexibility index (Phi) is 5.53. The van der Waals surface area contributed by atoms with Crippen molar-refractivity contribution in [2.75, 3.05) is 0 Å². The number of aliphatic imine (C=N–C) groups is 1. The van der Waals surface area contributed by atoms with E-state index in [2.05, 4.69) is 9.98 Å². The molecule has 22 heavy (non-hydrogen) atoms. The van der Waals surface area contributed by atoms with Gasteiger partial charge in [-0.25, -0.2) is 8.78 Å². The molecule has 1 heterocycles. The Labute approximate surface area is 129 Å². The van der Waals surface area contributed by atoms with Crippen molar-refractivity contribution in [3.05, 3.63) is 71.6 Å². The molecule has 0 saturated carbocycles. The summed E-state index contributed by atoms with van der Waals surface area (Å²) in [6.07, 6.45) is 4.61. The first-order chi connectivity index (χ1) is 10.6. The Hall–Kier alpha value is -2.36. The number of hydrogen-bond donors (Lipinski definition) is 0. The van der Waals surface area contributed by atoms with Crippen molar-refractivity contribution in [1.82, 2.24) is 4.98 Å². The van der Waals surface area contributed by atoms with E-state index in [1.54, 1.807) is 18.2 Å². The molecule has 0 aliphatic rings. The Morgan fingerprint density at radius 1 is 1.05 bits per heavy atom. The molecule has 0 aliphatic heterocycles. The van der Waals surface area contributed by atoms with Crippen LogP contribution in [-0.4, -0.2) is 10.7 Å². The van der Waals surface area contributed by atoms with Gasteiger partial charge in [0.15, 0.2) is 0 Å². The van der Waals surface area contributed by atoms with Gasteiger partial charge in [-0.05, 0) is 42.7 Å². The van der Waals surface area contributed by atoms with Crippen molar-refractivity contribution < 1.29 is 8.78 Å². The minimum atomic E-state index is -0.377. The van der Waals surface area contributed by atoms with Crippen LogP contribution in [0.25, 0.3) is 5.70 Å². The van der Waals surface area contributed by atoms with E-state index < -0.39 is 0 Å². The van der Waals surface area contributed by atoms with Crippen LogP contribution in [0.3, 0.4) is 0 Å². The number of pyridine rings is 1. The van der Waals surface area contributed by atoms with E-state index in [0.29, 0.717) is 17.8 Å². The fourth-order valence-corrected chi connectivity index (χ4v) is 2.06. The smallest absolute Gasteiger partial charge is 0.141 e. The molecule has 4 heteroatoms. The van der Waals surface area contributed by atoms with Crippen LogP contribution >= 0.6 is 0 Å². The second-order valence-electron chi connectivity index (χ2n) is 4.78. The number of aromatic nitrogens is 1. The van der Waals surface area contributed by atoms with Crippen molar-refractivity contribution in [3.8, 4) is 0 Å². The third kappa shape index (κ3) is 4.07. The number of allylic oxidation sites excluding steroid dienone is 1. The molecule has 1 aromatic carbocycles. The topological polar surface area (TPSA) is 25.2 Å². The molecule has 0 amide bonds. The van der Waals surface area contributed by atoms with Crippen LogP contribution in [0.1, 0.15) is 37.9 Å². The molecule has 0 fully saturated rings. The minimum Gasteiger partial charge on any atom is -0.252 e. The van der Waals surface area contributed by atoms with Crippen LogP contribution in [0.5, 0.6) is 0 Å². The SMILES string of the molecule is CC/C=C(\N=C(CC)c1ccc(F)cc1)c1ccc(F)cn1. The lowest BCUT2D eigenvalue weighted by molar-refractivity contribution is 0.621. The highest BCUT2D eigenvalue weighted by Gasteiger charge is 2.06. The Bertz CT molecular complexity index is 671. The molecule has 0 atom stereocenters. The number of hydrogen-bond acceptors (Lipinski definition) is 2. The lowest BCUT2D eigenvalue weighted by atomic mass is 10.1. The fourth-order valence-electron chi connectivity index (χ4n) is 2.06. The summed E-state index contributed by atoms with van der Waals surface area (Å²) in [4.78, 5) is 8.74.